The molecule has 2 aliphatic heterocycles. The van der Waals surface area contributed by atoms with Crippen LogP contribution in [0.25, 0.3) is 22.3 Å². The van der Waals surface area contributed by atoms with E-state index in [9.17, 15) is 0 Å². The molecule has 7 aromatic rings. The minimum Gasteiger partial charge on any atom is -0.311 e. The highest BCUT2D eigenvalue weighted by Crippen LogP contribution is 2.80. The van der Waals surface area contributed by atoms with Gasteiger partial charge in [0.25, 0.3) is 6.71 Å². The Hall–Kier alpha value is -5.80. The lowest BCUT2D eigenvalue weighted by Gasteiger charge is -2.50. The number of para-hydroxylation sites is 3. The van der Waals surface area contributed by atoms with E-state index < -0.39 is 0 Å². The van der Waals surface area contributed by atoms with Gasteiger partial charge in [0.05, 0.1) is 5.69 Å². The summed E-state index contributed by atoms with van der Waals surface area (Å²) in [7, 11) is 0. The molecule has 2 nitrogen and oxygen atoms in total. The lowest BCUT2D eigenvalue weighted by Crippen LogP contribution is -2.62. The molecule has 8 aliphatic rings. The highest BCUT2D eigenvalue weighted by molar-refractivity contribution is 7.00. The Morgan fingerprint density at radius 2 is 0.985 bits per heavy atom. The Balaban J connectivity index is 1.12. The number of fused-ring (bicyclic) bond motifs is 21. The normalized spacial score (nSPS) is 30.0. The van der Waals surface area contributed by atoms with Crippen LogP contribution in [0.1, 0.15) is 102 Å². The van der Waals surface area contributed by atoms with Gasteiger partial charge in [-0.2, -0.15) is 0 Å². The second kappa shape index (κ2) is 11.8. The van der Waals surface area contributed by atoms with Crippen molar-refractivity contribution in [1.29, 1.82) is 0 Å². The van der Waals surface area contributed by atoms with Gasteiger partial charge in [-0.25, -0.2) is 0 Å². The van der Waals surface area contributed by atoms with Gasteiger partial charge in [-0.1, -0.05) is 151 Å². The molecule has 0 saturated heterocycles. The summed E-state index contributed by atoms with van der Waals surface area (Å²) in [5.41, 5.74) is 24.8. The average Bonchev–Trinajstić information content (AvgIpc) is 4.02. The number of anilines is 6. The molecule has 0 amide bonds. The van der Waals surface area contributed by atoms with Crippen molar-refractivity contribution in [2.45, 2.75) is 90.9 Å². The maximum atomic E-state index is 2.79. The quantitative estimate of drug-likeness (QED) is 0.160. The van der Waals surface area contributed by atoms with Crippen molar-refractivity contribution in [3.05, 3.63) is 174 Å². The molecule has 0 N–H and O–H groups in total. The van der Waals surface area contributed by atoms with Gasteiger partial charge >= 0.3 is 0 Å². The topological polar surface area (TPSA) is 6.48 Å². The highest BCUT2D eigenvalue weighted by Gasteiger charge is 2.73. The standard InChI is InChI=1S/C62H57BN2/c1-57(2)38-29-31-59(57,5)61(36-38)45-25-15-13-23-42(45)44-33-52-50(34-47(44)61)63-49-27-17-18-28-51(49)64(40-19-9-7-10-20-40)53-35-48-54(56(55(53)63)65(52)41-21-11-8-12-22-41)43-24-14-16-26-46(43)62(48)37-39-30-32-60(62,6)58(39,3)4/h7-28,33-35,38-39H,29-32,36-37H2,1-6H3/t38-,39?,59-,60+,61+,62+/m1/s1. The van der Waals surface area contributed by atoms with Crippen LogP contribution < -0.4 is 26.2 Å². The van der Waals surface area contributed by atoms with E-state index in [1.54, 1.807) is 22.3 Å². The zero-order valence-corrected chi connectivity index (χ0v) is 38.8. The monoisotopic (exact) mass is 840 g/mol. The van der Waals surface area contributed by atoms with Crippen LogP contribution in [0.3, 0.4) is 0 Å². The van der Waals surface area contributed by atoms with Crippen LogP contribution in [0.15, 0.2) is 152 Å². The number of rotatable bonds is 2. The van der Waals surface area contributed by atoms with E-state index in [1.807, 2.05) is 0 Å². The summed E-state index contributed by atoms with van der Waals surface area (Å²) < 4.78 is 0. The van der Waals surface area contributed by atoms with E-state index in [0.717, 1.165) is 0 Å². The van der Waals surface area contributed by atoms with Gasteiger partial charge in [-0.3, -0.25) is 0 Å². The second-order valence-corrected chi connectivity index (χ2v) is 23.3. The second-order valence-electron chi connectivity index (χ2n) is 23.3. The van der Waals surface area contributed by atoms with Crippen molar-refractivity contribution in [2.24, 2.45) is 33.5 Å². The maximum Gasteiger partial charge on any atom is 0.252 e. The molecule has 4 fully saturated rings. The first-order valence-electron chi connectivity index (χ1n) is 24.9. The molecule has 0 aromatic heterocycles. The fourth-order valence-corrected chi connectivity index (χ4v) is 17.7. The first-order valence-corrected chi connectivity index (χ1v) is 24.9. The molecule has 6 aliphatic carbocycles. The number of benzene rings is 7. The highest BCUT2D eigenvalue weighted by atomic mass is 15.2. The molecule has 318 valence electrons. The fraction of sp³-hybridized carbons (Fsp3) is 0.323. The number of hydrogen-bond acceptors (Lipinski definition) is 2. The molecule has 1 unspecified atom stereocenters. The smallest absolute Gasteiger partial charge is 0.252 e. The van der Waals surface area contributed by atoms with E-state index in [1.165, 1.54) is 111 Å². The molecule has 4 bridgehead atoms. The van der Waals surface area contributed by atoms with Gasteiger partial charge in [0.1, 0.15) is 0 Å². The van der Waals surface area contributed by atoms with E-state index >= 15 is 0 Å². The molecule has 65 heavy (non-hydrogen) atoms. The third-order valence-corrected chi connectivity index (χ3v) is 21.4. The van der Waals surface area contributed by atoms with Gasteiger partial charge in [0.2, 0.25) is 0 Å². The van der Waals surface area contributed by atoms with Crippen LogP contribution in [-0.4, -0.2) is 6.71 Å². The van der Waals surface area contributed by atoms with Crippen LogP contribution in [0.5, 0.6) is 0 Å². The lowest BCUT2D eigenvalue weighted by atomic mass is 9.33. The largest absolute Gasteiger partial charge is 0.311 e. The Kier molecular flexibility index (Phi) is 6.78. The Morgan fingerprint density at radius 3 is 1.60 bits per heavy atom. The predicted octanol–water partition coefficient (Wildman–Crippen LogP) is 14.0. The molecule has 7 aromatic carbocycles. The van der Waals surface area contributed by atoms with Crippen molar-refractivity contribution < 1.29 is 0 Å². The summed E-state index contributed by atoms with van der Waals surface area (Å²) in [4.78, 5) is 5.41. The minimum atomic E-state index is -0.0956. The fourth-order valence-electron chi connectivity index (χ4n) is 17.7. The summed E-state index contributed by atoms with van der Waals surface area (Å²) in [6.45, 7) is 15.9. The van der Waals surface area contributed by atoms with Crippen LogP contribution in [0.2, 0.25) is 0 Å². The summed E-state index contributed by atoms with van der Waals surface area (Å²) in [6, 6.07) is 59.7. The third kappa shape index (κ3) is 3.90. The summed E-state index contributed by atoms with van der Waals surface area (Å²) >= 11 is 0. The maximum absolute atomic E-state index is 2.79. The van der Waals surface area contributed by atoms with Crippen molar-refractivity contribution in [1.82, 2.24) is 0 Å². The van der Waals surface area contributed by atoms with E-state index in [0.29, 0.717) is 11.8 Å². The van der Waals surface area contributed by atoms with Crippen molar-refractivity contribution in [3.8, 4) is 22.3 Å². The van der Waals surface area contributed by atoms with E-state index in [4.69, 9.17) is 0 Å². The SMILES string of the molecule is CC1(C)C2CC[C@]1(C)[C@@]1(C2)c2ccccc2-c2c1cc1c3c2N(c2ccccc2)c2cc4c(cc2B3c2ccccc2N1c1ccccc1)[C@]1(C[C@H]2CC[C@]1(C)C2(C)C)c1ccccc1-4. The van der Waals surface area contributed by atoms with Crippen LogP contribution in [-0.2, 0) is 10.8 Å². The predicted molar refractivity (Wildman–Crippen MR) is 271 cm³/mol. The van der Waals surface area contributed by atoms with Gasteiger partial charge in [0, 0.05) is 44.8 Å². The van der Waals surface area contributed by atoms with Gasteiger partial charge in [-0.15, -0.1) is 0 Å². The van der Waals surface area contributed by atoms with Crippen LogP contribution >= 0.6 is 0 Å². The van der Waals surface area contributed by atoms with Crippen LogP contribution in [0.4, 0.5) is 34.1 Å². The van der Waals surface area contributed by atoms with Gasteiger partial charge < -0.3 is 9.80 Å². The van der Waals surface area contributed by atoms with Crippen molar-refractivity contribution in [2.75, 3.05) is 9.80 Å². The molecule has 2 spiro atoms. The molecular formula is C62H57BN2. The van der Waals surface area contributed by atoms with Gasteiger partial charge in [0.15, 0.2) is 0 Å². The zero-order valence-electron chi connectivity index (χ0n) is 38.8. The van der Waals surface area contributed by atoms with Crippen LogP contribution in [0, 0.1) is 33.5 Å². The molecule has 6 atom stereocenters. The lowest BCUT2D eigenvalue weighted by molar-refractivity contribution is 0.0990. The molecular weight excluding hydrogens is 784 g/mol. The first kappa shape index (κ1) is 37.4. The van der Waals surface area contributed by atoms with Gasteiger partial charge in [-0.05, 0) is 170 Å². The number of hydrogen-bond donors (Lipinski definition) is 0. The van der Waals surface area contributed by atoms with E-state index in [-0.39, 0.29) is 39.2 Å². The Labute approximate surface area is 385 Å². The van der Waals surface area contributed by atoms with Crippen molar-refractivity contribution in [3.63, 3.8) is 0 Å². The molecule has 15 rings (SSSR count). The number of nitrogens with zero attached hydrogens (tertiary/aromatic N) is 2. The molecule has 0 radical (unpaired) electrons. The zero-order chi connectivity index (χ0) is 43.6. The molecule has 4 saturated carbocycles. The Morgan fingerprint density at radius 1 is 0.446 bits per heavy atom. The first-order chi connectivity index (χ1) is 31.5. The summed E-state index contributed by atoms with van der Waals surface area (Å²) in [5, 5.41) is 0. The van der Waals surface area contributed by atoms with E-state index in [2.05, 4.69) is 203 Å². The molecule has 3 heteroatoms. The summed E-state index contributed by atoms with van der Waals surface area (Å²) in [6.07, 6.45) is 7.63. The average molecular weight is 841 g/mol. The third-order valence-electron chi connectivity index (χ3n) is 21.4. The molecule has 2 heterocycles. The van der Waals surface area contributed by atoms with Crippen molar-refractivity contribution >= 4 is 57.2 Å². The summed E-state index contributed by atoms with van der Waals surface area (Å²) in [5.74, 6) is 1.38. The Bertz CT molecular complexity index is 3260. The minimum absolute atomic E-state index is 0.0292.